The molecule has 2 aliphatic rings. The number of anilines is 1. The molecular weight excluding hydrogens is 532 g/mol. The summed E-state index contributed by atoms with van der Waals surface area (Å²) in [5, 5.41) is 6.26. The van der Waals surface area contributed by atoms with Crippen molar-refractivity contribution >= 4 is 22.8 Å². The average Bonchev–Trinajstić information content (AvgIpc) is 2.95. The van der Waals surface area contributed by atoms with Crippen LogP contribution in [0.15, 0.2) is 59.9 Å². The number of nitrogens with zero attached hydrogens (tertiary/aromatic N) is 5. The maximum Gasteiger partial charge on any atom is 0.266 e. The van der Waals surface area contributed by atoms with Crippen LogP contribution in [0.3, 0.4) is 0 Å². The van der Waals surface area contributed by atoms with Crippen LogP contribution in [0, 0.1) is 11.6 Å². The average molecular weight is 562 g/mol. The van der Waals surface area contributed by atoms with Crippen LogP contribution in [0.5, 0.6) is 0 Å². The summed E-state index contributed by atoms with van der Waals surface area (Å²) >= 11 is 0. The van der Waals surface area contributed by atoms with E-state index in [1.165, 1.54) is 23.2 Å². The second-order valence-electron chi connectivity index (χ2n) is 10.4. The third-order valence-corrected chi connectivity index (χ3v) is 7.56. The Morgan fingerprint density at radius 1 is 1.00 bits per heavy atom. The molecule has 12 heteroatoms. The lowest BCUT2D eigenvalue weighted by molar-refractivity contribution is -0.0705. The molecule has 0 saturated carbocycles. The molecule has 2 N–H and O–H groups in total. The minimum Gasteiger partial charge on any atom is -0.378 e. The van der Waals surface area contributed by atoms with Crippen LogP contribution in [-0.4, -0.2) is 68.7 Å². The minimum atomic E-state index is -1.01. The third kappa shape index (κ3) is 6.08. The number of carbonyl (C=O) groups excluding carboxylic acids is 1. The zero-order chi connectivity index (χ0) is 28.3. The van der Waals surface area contributed by atoms with Gasteiger partial charge in [-0.25, -0.2) is 18.7 Å². The van der Waals surface area contributed by atoms with E-state index in [1.54, 1.807) is 6.20 Å². The molecule has 2 saturated heterocycles. The smallest absolute Gasteiger partial charge is 0.266 e. The number of ether oxygens (including phenoxy) is 1. The Bertz CT molecular complexity index is 1630. The van der Waals surface area contributed by atoms with Crippen LogP contribution in [0.2, 0.25) is 0 Å². The summed E-state index contributed by atoms with van der Waals surface area (Å²) in [5.41, 5.74) is 1.84. The molecule has 2 fully saturated rings. The lowest BCUT2D eigenvalue weighted by Crippen LogP contribution is -2.53. The van der Waals surface area contributed by atoms with E-state index in [0.29, 0.717) is 29.0 Å². The van der Waals surface area contributed by atoms with Crippen molar-refractivity contribution in [2.24, 2.45) is 0 Å². The number of fused-ring (bicyclic) bond motifs is 1. The van der Waals surface area contributed by atoms with Gasteiger partial charge in [0.05, 0.1) is 49.4 Å². The molecule has 212 valence electrons. The summed E-state index contributed by atoms with van der Waals surface area (Å²) in [7, 11) is 0. The third-order valence-electron chi connectivity index (χ3n) is 7.56. The normalized spacial score (nSPS) is 16.4. The number of piperidine rings is 1. The molecule has 1 amide bonds. The molecule has 2 aromatic carbocycles. The topological polar surface area (TPSA) is 114 Å². The monoisotopic (exact) mass is 561 g/mol. The van der Waals surface area contributed by atoms with Crippen molar-refractivity contribution in [2.75, 3.05) is 31.6 Å². The lowest BCUT2D eigenvalue weighted by atomic mass is 10.0. The van der Waals surface area contributed by atoms with Crippen LogP contribution < -0.4 is 16.2 Å². The van der Waals surface area contributed by atoms with E-state index in [2.05, 4.69) is 25.5 Å². The van der Waals surface area contributed by atoms with E-state index in [-0.39, 0.29) is 18.7 Å². The van der Waals surface area contributed by atoms with Gasteiger partial charge in [0.2, 0.25) is 0 Å². The first kappa shape index (κ1) is 26.9. The Labute approximate surface area is 234 Å². The van der Waals surface area contributed by atoms with Crippen LogP contribution in [0.25, 0.3) is 11.0 Å². The lowest BCUT2D eigenvalue weighted by Gasteiger charge is -2.41. The second kappa shape index (κ2) is 11.7. The fourth-order valence-electron chi connectivity index (χ4n) is 5.12. The summed E-state index contributed by atoms with van der Waals surface area (Å²) in [6.07, 6.45) is 6.23. The first-order chi connectivity index (χ1) is 19.9. The van der Waals surface area contributed by atoms with Crippen molar-refractivity contribution in [1.29, 1.82) is 0 Å². The first-order valence-corrected chi connectivity index (χ1v) is 13.5. The molecule has 2 aliphatic heterocycles. The summed E-state index contributed by atoms with van der Waals surface area (Å²) in [6, 6.07) is 9.79. The number of halogens is 2. The van der Waals surface area contributed by atoms with Crippen molar-refractivity contribution in [3.05, 3.63) is 93.8 Å². The molecule has 4 aromatic rings. The molecule has 0 atom stereocenters. The van der Waals surface area contributed by atoms with Gasteiger partial charge in [-0.15, -0.1) is 0 Å². The van der Waals surface area contributed by atoms with E-state index in [9.17, 15) is 18.4 Å². The van der Waals surface area contributed by atoms with Crippen LogP contribution in [0.4, 0.5) is 14.6 Å². The molecule has 41 heavy (non-hydrogen) atoms. The molecular formula is C29H29F2N7O3. The molecule has 6 rings (SSSR count). The largest absolute Gasteiger partial charge is 0.378 e. The molecule has 10 nitrogen and oxygen atoms in total. The van der Waals surface area contributed by atoms with Crippen molar-refractivity contribution in [1.82, 2.24) is 29.7 Å². The number of carbonyl (C=O) groups is 1. The highest BCUT2D eigenvalue weighted by Gasteiger charge is 2.29. The van der Waals surface area contributed by atoms with E-state index in [0.717, 1.165) is 62.4 Å². The molecule has 0 radical (unpaired) electrons. The molecule has 0 bridgehead atoms. The van der Waals surface area contributed by atoms with Gasteiger partial charge in [-0.2, -0.15) is 0 Å². The van der Waals surface area contributed by atoms with Gasteiger partial charge in [0, 0.05) is 31.9 Å². The second-order valence-corrected chi connectivity index (χ2v) is 10.4. The van der Waals surface area contributed by atoms with E-state index < -0.39 is 23.1 Å². The van der Waals surface area contributed by atoms with Crippen molar-refractivity contribution in [3.8, 4) is 0 Å². The fourth-order valence-corrected chi connectivity index (χ4v) is 5.12. The minimum absolute atomic E-state index is 0.0571. The maximum atomic E-state index is 13.6. The zero-order valence-corrected chi connectivity index (χ0v) is 22.2. The van der Waals surface area contributed by atoms with E-state index >= 15 is 0 Å². The molecule has 0 unspecified atom stereocenters. The van der Waals surface area contributed by atoms with Gasteiger partial charge >= 0.3 is 0 Å². The number of benzene rings is 2. The Kier molecular flexibility index (Phi) is 7.66. The van der Waals surface area contributed by atoms with E-state index in [4.69, 9.17) is 9.72 Å². The number of likely N-dealkylation sites (tertiary alicyclic amines) is 1. The Morgan fingerprint density at radius 2 is 1.80 bits per heavy atom. The molecule has 4 heterocycles. The summed E-state index contributed by atoms with van der Waals surface area (Å²) in [5.74, 6) is -1.87. The first-order valence-electron chi connectivity index (χ1n) is 13.5. The van der Waals surface area contributed by atoms with Gasteiger partial charge in [0.25, 0.3) is 11.5 Å². The standard InChI is InChI=1S/C29H29F2N7O3/c30-23-3-1-19(9-24(23)31)14-38-17-32-12-22(29(38)40)28(39)34-11-18-2-4-25-26(10-18)36-27(13-33-25)35-20-5-7-37(8-6-20)21-15-41-16-21/h1-4,9-10,12-13,17,20-21H,5-8,11,14-16H2,(H,34,39)(H,35,36). The Balaban J connectivity index is 1.08. The Morgan fingerprint density at radius 3 is 2.56 bits per heavy atom. The maximum absolute atomic E-state index is 13.6. The quantitative estimate of drug-likeness (QED) is 0.338. The Hall–Kier alpha value is -4.29. The predicted octanol–water partition coefficient (Wildman–Crippen LogP) is 2.72. The van der Waals surface area contributed by atoms with Crippen LogP contribution >= 0.6 is 0 Å². The number of rotatable bonds is 8. The number of nitrogens with one attached hydrogen (secondary N) is 2. The molecule has 0 spiro atoms. The summed E-state index contributed by atoms with van der Waals surface area (Å²) in [4.78, 5) is 41.5. The zero-order valence-electron chi connectivity index (χ0n) is 22.2. The van der Waals surface area contributed by atoms with Gasteiger partial charge < -0.3 is 15.4 Å². The van der Waals surface area contributed by atoms with Gasteiger partial charge in [0.1, 0.15) is 11.4 Å². The van der Waals surface area contributed by atoms with Gasteiger partial charge in [-0.05, 0) is 48.2 Å². The fraction of sp³-hybridized carbons (Fsp3) is 0.345. The summed E-state index contributed by atoms with van der Waals surface area (Å²) in [6.45, 7) is 3.83. The highest BCUT2D eigenvalue weighted by molar-refractivity contribution is 5.93. The summed E-state index contributed by atoms with van der Waals surface area (Å²) < 4.78 is 33.3. The van der Waals surface area contributed by atoms with Gasteiger partial charge in [-0.1, -0.05) is 12.1 Å². The molecule has 0 aliphatic carbocycles. The van der Waals surface area contributed by atoms with E-state index in [1.807, 2.05) is 18.2 Å². The van der Waals surface area contributed by atoms with Crippen LogP contribution in [-0.2, 0) is 17.8 Å². The predicted molar refractivity (Wildman–Crippen MR) is 147 cm³/mol. The van der Waals surface area contributed by atoms with Crippen molar-refractivity contribution in [2.45, 2.75) is 38.0 Å². The number of aromatic nitrogens is 4. The highest BCUT2D eigenvalue weighted by atomic mass is 19.2. The number of hydrogen-bond acceptors (Lipinski definition) is 8. The number of hydrogen-bond donors (Lipinski definition) is 2. The van der Waals surface area contributed by atoms with Gasteiger partial charge in [0.15, 0.2) is 11.6 Å². The van der Waals surface area contributed by atoms with Crippen molar-refractivity contribution in [3.63, 3.8) is 0 Å². The SMILES string of the molecule is O=C(NCc1ccc2ncc(NC3CCN(C4COC4)CC3)nc2c1)c1cncn(Cc2ccc(F)c(F)c2)c1=O. The highest BCUT2D eigenvalue weighted by Crippen LogP contribution is 2.21. The number of amides is 1. The van der Waals surface area contributed by atoms with Gasteiger partial charge in [-0.3, -0.25) is 24.0 Å². The van der Waals surface area contributed by atoms with Crippen LogP contribution in [0.1, 0.15) is 34.3 Å². The molecule has 2 aromatic heterocycles. The van der Waals surface area contributed by atoms with Crippen molar-refractivity contribution < 1.29 is 18.3 Å².